The Kier molecular flexibility index (Phi) is 4.66. The first-order chi connectivity index (χ1) is 8.72. The standard InChI is InChI=1S/C15H28N2O/c1-2-13(12-7-4-3-5-8-12)17-14(18)15(11-16)9-6-10-15/h12-13H,2-11,16H2,1H3,(H,17,18). The van der Waals surface area contributed by atoms with Crippen LogP contribution in [0.2, 0.25) is 0 Å². The minimum atomic E-state index is -0.220. The lowest BCUT2D eigenvalue weighted by atomic mass is 9.68. The van der Waals surface area contributed by atoms with Crippen LogP contribution in [0.1, 0.15) is 64.7 Å². The van der Waals surface area contributed by atoms with E-state index < -0.39 is 0 Å². The summed E-state index contributed by atoms with van der Waals surface area (Å²) < 4.78 is 0. The monoisotopic (exact) mass is 252 g/mol. The predicted molar refractivity (Wildman–Crippen MR) is 74.1 cm³/mol. The van der Waals surface area contributed by atoms with Crippen LogP contribution >= 0.6 is 0 Å². The molecular formula is C15H28N2O. The van der Waals surface area contributed by atoms with Gasteiger partial charge in [-0.15, -0.1) is 0 Å². The molecule has 0 heterocycles. The van der Waals surface area contributed by atoms with Gasteiger partial charge in [0.15, 0.2) is 0 Å². The number of carbonyl (C=O) groups is 1. The van der Waals surface area contributed by atoms with Crippen LogP contribution in [0.3, 0.4) is 0 Å². The molecule has 0 aliphatic heterocycles. The van der Waals surface area contributed by atoms with E-state index in [4.69, 9.17) is 5.73 Å². The van der Waals surface area contributed by atoms with E-state index in [1.54, 1.807) is 0 Å². The highest BCUT2D eigenvalue weighted by Gasteiger charge is 2.43. The summed E-state index contributed by atoms with van der Waals surface area (Å²) in [6.07, 6.45) is 10.8. The summed E-state index contributed by atoms with van der Waals surface area (Å²) >= 11 is 0. The molecule has 0 saturated heterocycles. The Morgan fingerprint density at radius 1 is 1.28 bits per heavy atom. The smallest absolute Gasteiger partial charge is 0.227 e. The van der Waals surface area contributed by atoms with E-state index in [-0.39, 0.29) is 11.3 Å². The Hall–Kier alpha value is -0.570. The minimum Gasteiger partial charge on any atom is -0.353 e. The Labute approximate surface area is 111 Å². The van der Waals surface area contributed by atoms with Gasteiger partial charge in [-0.05, 0) is 38.0 Å². The van der Waals surface area contributed by atoms with Crippen LogP contribution in [0.15, 0.2) is 0 Å². The molecular weight excluding hydrogens is 224 g/mol. The third-order valence-corrected chi connectivity index (χ3v) is 5.16. The zero-order valence-electron chi connectivity index (χ0n) is 11.7. The number of carbonyl (C=O) groups excluding carboxylic acids is 1. The zero-order chi connectivity index (χ0) is 13.0. The van der Waals surface area contributed by atoms with Crippen molar-refractivity contribution >= 4 is 5.91 Å². The number of nitrogens with one attached hydrogen (secondary N) is 1. The minimum absolute atomic E-state index is 0.220. The summed E-state index contributed by atoms with van der Waals surface area (Å²) in [5.74, 6) is 0.927. The normalized spacial score (nSPS) is 25.2. The van der Waals surface area contributed by atoms with Crippen molar-refractivity contribution in [2.45, 2.75) is 70.8 Å². The summed E-state index contributed by atoms with van der Waals surface area (Å²) in [6, 6.07) is 0.377. The average molecular weight is 252 g/mol. The lowest BCUT2D eigenvalue weighted by Gasteiger charge is -2.41. The molecule has 3 nitrogen and oxygen atoms in total. The van der Waals surface area contributed by atoms with Gasteiger partial charge in [0.25, 0.3) is 0 Å². The molecule has 1 unspecified atom stereocenters. The Balaban J connectivity index is 1.90. The van der Waals surface area contributed by atoms with Gasteiger partial charge in [0.05, 0.1) is 5.41 Å². The Morgan fingerprint density at radius 3 is 2.39 bits per heavy atom. The van der Waals surface area contributed by atoms with Crippen LogP contribution in [0.5, 0.6) is 0 Å². The summed E-state index contributed by atoms with van der Waals surface area (Å²) in [5, 5.41) is 3.31. The van der Waals surface area contributed by atoms with Gasteiger partial charge in [0.1, 0.15) is 0 Å². The van der Waals surface area contributed by atoms with Crippen LogP contribution < -0.4 is 11.1 Å². The third kappa shape index (κ3) is 2.71. The second kappa shape index (κ2) is 6.05. The van der Waals surface area contributed by atoms with E-state index >= 15 is 0 Å². The summed E-state index contributed by atoms with van der Waals surface area (Å²) in [7, 11) is 0. The molecule has 2 fully saturated rings. The van der Waals surface area contributed by atoms with Crippen molar-refractivity contribution in [2.75, 3.05) is 6.54 Å². The lowest BCUT2D eigenvalue weighted by Crippen LogP contribution is -2.54. The third-order valence-electron chi connectivity index (χ3n) is 5.16. The first-order valence-electron chi connectivity index (χ1n) is 7.73. The zero-order valence-corrected chi connectivity index (χ0v) is 11.7. The summed E-state index contributed by atoms with van der Waals surface area (Å²) in [4.78, 5) is 12.4. The van der Waals surface area contributed by atoms with Crippen molar-refractivity contribution in [3.05, 3.63) is 0 Å². The molecule has 1 amide bonds. The van der Waals surface area contributed by atoms with Crippen molar-refractivity contribution in [3.63, 3.8) is 0 Å². The van der Waals surface area contributed by atoms with E-state index in [0.29, 0.717) is 18.5 Å². The van der Waals surface area contributed by atoms with Gasteiger partial charge < -0.3 is 11.1 Å². The molecule has 3 heteroatoms. The molecule has 2 aliphatic carbocycles. The van der Waals surface area contributed by atoms with Gasteiger partial charge in [-0.1, -0.05) is 32.6 Å². The molecule has 2 saturated carbocycles. The van der Waals surface area contributed by atoms with Crippen LogP contribution in [0.4, 0.5) is 0 Å². The van der Waals surface area contributed by atoms with E-state index in [9.17, 15) is 4.79 Å². The van der Waals surface area contributed by atoms with Crippen molar-refractivity contribution in [2.24, 2.45) is 17.1 Å². The van der Waals surface area contributed by atoms with Gasteiger partial charge in [0.2, 0.25) is 5.91 Å². The second-order valence-electron chi connectivity index (χ2n) is 6.22. The van der Waals surface area contributed by atoms with Gasteiger partial charge in [0, 0.05) is 12.6 Å². The van der Waals surface area contributed by atoms with Gasteiger partial charge in [-0.2, -0.15) is 0 Å². The fourth-order valence-electron chi connectivity index (χ4n) is 3.54. The first-order valence-corrected chi connectivity index (χ1v) is 7.73. The molecule has 0 radical (unpaired) electrons. The van der Waals surface area contributed by atoms with Crippen molar-refractivity contribution in [1.29, 1.82) is 0 Å². The highest BCUT2D eigenvalue weighted by atomic mass is 16.2. The number of rotatable bonds is 5. The Morgan fingerprint density at radius 2 is 1.94 bits per heavy atom. The highest BCUT2D eigenvalue weighted by Crippen LogP contribution is 2.40. The second-order valence-corrected chi connectivity index (χ2v) is 6.22. The number of hydrogen-bond donors (Lipinski definition) is 2. The molecule has 0 bridgehead atoms. The summed E-state index contributed by atoms with van der Waals surface area (Å²) in [5.41, 5.74) is 5.58. The van der Waals surface area contributed by atoms with E-state index in [2.05, 4.69) is 12.2 Å². The van der Waals surface area contributed by atoms with Crippen LogP contribution in [0.25, 0.3) is 0 Å². The van der Waals surface area contributed by atoms with E-state index in [0.717, 1.165) is 25.7 Å². The quantitative estimate of drug-likeness (QED) is 0.790. The number of hydrogen-bond acceptors (Lipinski definition) is 2. The molecule has 104 valence electrons. The molecule has 3 N–H and O–H groups in total. The average Bonchev–Trinajstić information content (AvgIpc) is 2.36. The van der Waals surface area contributed by atoms with E-state index in [1.807, 2.05) is 0 Å². The van der Waals surface area contributed by atoms with Crippen molar-refractivity contribution in [1.82, 2.24) is 5.32 Å². The molecule has 0 aromatic heterocycles. The fraction of sp³-hybridized carbons (Fsp3) is 0.933. The van der Waals surface area contributed by atoms with Crippen LogP contribution in [-0.4, -0.2) is 18.5 Å². The molecule has 2 rings (SSSR count). The van der Waals surface area contributed by atoms with Crippen molar-refractivity contribution in [3.8, 4) is 0 Å². The molecule has 18 heavy (non-hydrogen) atoms. The largest absolute Gasteiger partial charge is 0.353 e. The SMILES string of the molecule is CCC(NC(=O)C1(CN)CCC1)C1CCCCC1. The Bertz CT molecular complexity index is 275. The van der Waals surface area contributed by atoms with Gasteiger partial charge in [-0.25, -0.2) is 0 Å². The summed E-state index contributed by atoms with van der Waals surface area (Å²) in [6.45, 7) is 2.70. The molecule has 0 spiro atoms. The number of nitrogens with two attached hydrogens (primary N) is 1. The van der Waals surface area contributed by atoms with Gasteiger partial charge >= 0.3 is 0 Å². The molecule has 0 aromatic carbocycles. The maximum atomic E-state index is 12.4. The topological polar surface area (TPSA) is 55.1 Å². The maximum Gasteiger partial charge on any atom is 0.227 e. The van der Waals surface area contributed by atoms with Gasteiger partial charge in [-0.3, -0.25) is 4.79 Å². The molecule has 0 aromatic rings. The van der Waals surface area contributed by atoms with Crippen molar-refractivity contribution < 1.29 is 4.79 Å². The molecule has 1 atom stereocenters. The van der Waals surface area contributed by atoms with Crippen LogP contribution in [-0.2, 0) is 4.79 Å². The first kappa shape index (κ1) is 13.9. The highest BCUT2D eigenvalue weighted by molar-refractivity contribution is 5.84. The van der Waals surface area contributed by atoms with E-state index in [1.165, 1.54) is 32.1 Å². The van der Waals surface area contributed by atoms with Crippen LogP contribution in [0, 0.1) is 11.3 Å². The predicted octanol–water partition coefficient (Wildman–Crippen LogP) is 2.59. The fourth-order valence-corrected chi connectivity index (χ4v) is 3.54. The lowest BCUT2D eigenvalue weighted by molar-refractivity contribution is -0.136. The maximum absolute atomic E-state index is 12.4. The molecule has 2 aliphatic rings. The number of amides is 1.